The van der Waals surface area contributed by atoms with Crippen LogP contribution >= 0.6 is 11.3 Å². The predicted molar refractivity (Wildman–Crippen MR) is 90.3 cm³/mol. The van der Waals surface area contributed by atoms with Gasteiger partial charge in [-0.05, 0) is 12.1 Å². The van der Waals surface area contributed by atoms with Crippen LogP contribution in [0.5, 0.6) is 0 Å². The number of aromatic nitrogens is 7. The average molecular weight is 406 g/mol. The van der Waals surface area contributed by atoms with Crippen LogP contribution in [0.15, 0.2) is 47.6 Å². The fourth-order valence-corrected chi connectivity index (χ4v) is 3.15. The molecule has 0 saturated heterocycles. The van der Waals surface area contributed by atoms with Crippen molar-refractivity contribution < 1.29 is 17.7 Å². The molecule has 0 amide bonds. The second-order valence-corrected chi connectivity index (χ2v) is 6.45. The Bertz CT molecular complexity index is 1010. The zero-order valence-corrected chi connectivity index (χ0v) is 14.6. The van der Waals surface area contributed by atoms with Crippen LogP contribution in [0, 0.1) is 0 Å². The fourth-order valence-electron chi connectivity index (χ4n) is 2.23. The van der Waals surface area contributed by atoms with Gasteiger partial charge in [0.05, 0.1) is 30.0 Å². The molecule has 0 fully saturated rings. The molecule has 0 spiro atoms. The number of nitrogens with zero attached hydrogens (tertiary/aromatic N) is 8. The van der Waals surface area contributed by atoms with Gasteiger partial charge in [-0.2, -0.15) is 23.3 Å². The highest BCUT2D eigenvalue weighted by atomic mass is 32.1. The Balaban J connectivity index is 1.61. The van der Waals surface area contributed by atoms with Crippen LogP contribution in [-0.2, 0) is 12.7 Å². The van der Waals surface area contributed by atoms with Crippen molar-refractivity contribution in [1.82, 2.24) is 35.3 Å². The molecule has 0 radical (unpaired) electrons. The summed E-state index contributed by atoms with van der Waals surface area (Å²) in [6, 6.07) is 3.35. The van der Waals surface area contributed by atoms with E-state index < -0.39 is 12.1 Å². The maximum atomic E-state index is 12.6. The third-order valence-electron chi connectivity index (χ3n) is 3.40. The van der Waals surface area contributed by atoms with E-state index in [-0.39, 0.29) is 5.82 Å². The third-order valence-corrected chi connectivity index (χ3v) is 4.47. The first-order valence-corrected chi connectivity index (χ1v) is 8.49. The summed E-state index contributed by atoms with van der Waals surface area (Å²) in [5.74, 6) is -0.726. The number of thiophene rings is 1. The summed E-state index contributed by atoms with van der Waals surface area (Å²) < 4.78 is 42.2. The van der Waals surface area contributed by atoms with Gasteiger partial charge in [-0.1, -0.05) is 5.16 Å². The van der Waals surface area contributed by atoms with E-state index >= 15 is 0 Å². The molecule has 0 saturated carbocycles. The molecule has 28 heavy (non-hydrogen) atoms. The van der Waals surface area contributed by atoms with Crippen molar-refractivity contribution in [3.05, 3.63) is 53.9 Å². The smallest absolute Gasteiger partial charge is 0.329 e. The summed E-state index contributed by atoms with van der Waals surface area (Å²) in [6.45, 7) is 0.291. The van der Waals surface area contributed by atoms with Gasteiger partial charge < -0.3 is 4.52 Å². The van der Waals surface area contributed by atoms with Crippen LogP contribution in [-0.4, -0.2) is 35.3 Å². The summed E-state index contributed by atoms with van der Waals surface area (Å²) >= 11 is 1.21. The third kappa shape index (κ3) is 3.78. The number of alkyl halides is 3. The normalized spacial score (nSPS) is 11.5. The lowest BCUT2D eigenvalue weighted by Gasteiger charge is -2.19. The van der Waals surface area contributed by atoms with Gasteiger partial charge in [-0.15, -0.1) is 16.4 Å². The first-order valence-electron chi connectivity index (χ1n) is 7.68. The second-order valence-electron chi connectivity index (χ2n) is 5.28. The molecule has 4 aromatic rings. The molecule has 4 heterocycles. The van der Waals surface area contributed by atoms with Gasteiger partial charge in [0.1, 0.15) is 0 Å². The Kier molecular flexibility index (Phi) is 4.65. The van der Waals surface area contributed by atoms with Crippen LogP contribution in [0.2, 0.25) is 0 Å². The van der Waals surface area contributed by atoms with Gasteiger partial charge in [-0.25, -0.2) is 9.97 Å². The summed E-state index contributed by atoms with van der Waals surface area (Å²) in [5.41, 5.74) is 0. The molecule has 0 aliphatic heterocycles. The molecule has 0 aromatic carbocycles. The zero-order chi connectivity index (χ0) is 19.6. The van der Waals surface area contributed by atoms with Crippen LogP contribution < -0.4 is 4.90 Å². The molecule has 0 unspecified atom stereocenters. The predicted octanol–water partition coefficient (Wildman–Crippen LogP) is 3.13. The van der Waals surface area contributed by atoms with Gasteiger partial charge in [0.2, 0.25) is 5.82 Å². The summed E-state index contributed by atoms with van der Waals surface area (Å²) in [5, 5.41) is 11.2. The molecule has 4 aromatic heterocycles. The molecular formula is C15H9F3N8OS. The molecule has 0 aliphatic carbocycles. The maximum absolute atomic E-state index is 12.6. The molecule has 0 bridgehead atoms. The molecule has 0 aliphatic rings. The van der Waals surface area contributed by atoms with E-state index in [1.807, 2.05) is 0 Å². The van der Waals surface area contributed by atoms with Gasteiger partial charge in [0.15, 0.2) is 5.82 Å². The fraction of sp³-hybridized carbons (Fsp3) is 0.133. The highest BCUT2D eigenvalue weighted by Crippen LogP contribution is 2.33. The van der Waals surface area contributed by atoms with Crippen LogP contribution in [0.4, 0.5) is 24.9 Å². The quantitative estimate of drug-likeness (QED) is 0.494. The summed E-state index contributed by atoms with van der Waals surface area (Å²) in [4.78, 5) is 18.7. The maximum Gasteiger partial charge on any atom is 0.471 e. The van der Waals surface area contributed by atoms with Crippen molar-refractivity contribution in [2.24, 2.45) is 0 Å². The Morgan fingerprint density at radius 1 is 1.07 bits per heavy atom. The number of anilines is 2. The lowest BCUT2D eigenvalue weighted by Crippen LogP contribution is -2.20. The van der Waals surface area contributed by atoms with Gasteiger partial charge >= 0.3 is 12.1 Å². The molecule has 0 N–H and O–H groups in total. The van der Waals surface area contributed by atoms with E-state index in [9.17, 15) is 13.2 Å². The van der Waals surface area contributed by atoms with Crippen molar-refractivity contribution in [3.8, 4) is 10.7 Å². The van der Waals surface area contributed by atoms with E-state index in [4.69, 9.17) is 0 Å². The van der Waals surface area contributed by atoms with Crippen molar-refractivity contribution in [3.63, 3.8) is 0 Å². The lowest BCUT2D eigenvalue weighted by atomic mass is 10.4. The summed E-state index contributed by atoms with van der Waals surface area (Å²) in [7, 11) is 0. The first kappa shape index (κ1) is 17.9. The number of rotatable bonds is 5. The Morgan fingerprint density at radius 2 is 1.93 bits per heavy atom. The van der Waals surface area contributed by atoms with Gasteiger partial charge in [0, 0.05) is 17.3 Å². The zero-order valence-electron chi connectivity index (χ0n) is 13.8. The lowest BCUT2D eigenvalue weighted by molar-refractivity contribution is -0.159. The van der Waals surface area contributed by atoms with Crippen molar-refractivity contribution in [1.29, 1.82) is 0 Å². The number of hydrogen-bond donors (Lipinski definition) is 0. The highest BCUT2D eigenvalue weighted by molar-refractivity contribution is 7.15. The topological polar surface area (TPSA) is 107 Å². The van der Waals surface area contributed by atoms with Crippen molar-refractivity contribution in [2.45, 2.75) is 12.7 Å². The molecule has 13 heteroatoms. The molecular weight excluding hydrogens is 397 g/mol. The average Bonchev–Trinajstić information content (AvgIpc) is 3.37. The van der Waals surface area contributed by atoms with E-state index in [0.29, 0.717) is 23.2 Å². The monoisotopic (exact) mass is 406 g/mol. The summed E-state index contributed by atoms with van der Waals surface area (Å²) in [6.07, 6.45) is 2.84. The van der Waals surface area contributed by atoms with E-state index in [1.54, 1.807) is 23.2 Å². The SMILES string of the molecule is FC(F)(F)c1nc(-c2ccc(CN(c3cnccn3)c3nccnn3)s2)no1. The van der Waals surface area contributed by atoms with E-state index in [1.165, 1.54) is 36.1 Å². The number of hydrogen-bond acceptors (Lipinski definition) is 10. The minimum atomic E-state index is -4.69. The molecule has 142 valence electrons. The van der Waals surface area contributed by atoms with Gasteiger partial charge in [0.25, 0.3) is 5.95 Å². The van der Waals surface area contributed by atoms with Crippen molar-refractivity contribution >= 4 is 23.1 Å². The number of halogens is 3. The Labute approximate surface area is 158 Å². The van der Waals surface area contributed by atoms with Gasteiger partial charge in [-0.3, -0.25) is 9.88 Å². The van der Waals surface area contributed by atoms with E-state index in [0.717, 1.165) is 4.88 Å². The molecule has 9 nitrogen and oxygen atoms in total. The van der Waals surface area contributed by atoms with Crippen LogP contribution in [0.1, 0.15) is 10.8 Å². The first-order chi connectivity index (χ1) is 13.5. The van der Waals surface area contributed by atoms with E-state index in [2.05, 4.69) is 39.8 Å². The van der Waals surface area contributed by atoms with Crippen LogP contribution in [0.3, 0.4) is 0 Å². The van der Waals surface area contributed by atoms with Crippen LogP contribution in [0.25, 0.3) is 10.7 Å². The largest absolute Gasteiger partial charge is 0.471 e. The minimum absolute atomic E-state index is 0.132. The molecule has 4 rings (SSSR count). The Morgan fingerprint density at radius 3 is 2.61 bits per heavy atom. The standard InChI is InChI=1S/C15H9F3N8OS/c16-15(17,18)13-23-12(25-27-13)10-2-1-9(28-10)8-26(11-7-19-3-4-20-11)14-21-5-6-22-24-14/h1-7H,8H2. The Hall–Kier alpha value is -3.48. The highest BCUT2D eigenvalue weighted by Gasteiger charge is 2.38. The second kappa shape index (κ2) is 7.26. The minimum Gasteiger partial charge on any atom is -0.329 e. The van der Waals surface area contributed by atoms with Crippen molar-refractivity contribution in [2.75, 3.05) is 4.90 Å². The molecule has 0 atom stereocenters.